The van der Waals surface area contributed by atoms with Gasteiger partial charge in [0.25, 0.3) is 0 Å². The number of anilines is 1. The minimum atomic E-state index is -3.10. The van der Waals surface area contributed by atoms with Crippen molar-refractivity contribution in [1.29, 1.82) is 0 Å². The van der Waals surface area contributed by atoms with Crippen molar-refractivity contribution in [3.8, 4) is 0 Å². The van der Waals surface area contributed by atoms with Crippen LogP contribution in [-0.2, 0) is 9.84 Å². The average molecular weight is 280 g/mol. The van der Waals surface area contributed by atoms with E-state index in [1.165, 1.54) is 19.1 Å². The maximum absolute atomic E-state index is 11.4. The maximum atomic E-state index is 11.4. The van der Waals surface area contributed by atoms with Gasteiger partial charge in [-0.2, -0.15) is 0 Å². The summed E-state index contributed by atoms with van der Waals surface area (Å²) in [5, 5.41) is 7.14. The van der Waals surface area contributed by atoms with Gasteiger partial charge in [0.2, 0.25) is 0 Å². The van der Waals surface area contributed by atoms with Gasteiger partial charge in [0.15, 0.2) is 9.84 Å². The Morgan fingerprint density at radius 2 is 1.68 bits per heavy atom. The van der Waals surface area contributed by atoms with Crippen LogP contribution in [0.5, 0.6) is 0 Å². The number of benzene rings is 1. The van der Waals surface area contributed by atoms with Crippen LogP contribution in [0, 0.1) is 0 Å². The van der Waals surface area contributed by atoms with Crippen LogP contribution in [0.1, 0.15) is 25.7 Å². The molecule has 0 saturated carbocycles. The first-order chi connectivity index (χ1) is 9.00. The number of rotatable bonds is 3. The summed E-state index contributed by atoms with van der Waals surface area (Å²) in [7, 11) is -3.10. The van der Waals surface area contributed by atoms with Crippen molar-refractivity contribution in [3.05, 3.63) is 24.3 Å². The second kappa shape index (κ2) is 4.80. The summed E-state index contributed by atoms with van der Waals surface area (Å²) >= 11 is 0. The molecule has 2 heterocycles. The number of piperidine rings is 1. The van der Waals surface area contributed by atoms with E-state index >= 15 is 0 Å². The Labute approximate surface area is 114 Å². The number of hydrogen-bond acceptors (Lipinski definition) is 4. The fourth-order valence-electron chi connectivity index (χ4n) is 3.21. The quantitative estimate of drug-likeness (QED) is 0.886. The fraction of sp³-hybridized carbons (Fsp3) is 0.571. The van der Waals surface area contributed by atoms with Crippen molar-refractivity contribution < 1.29 is 8.42 Å². The molecule has 2 fully saturated rings. The van der Waals surface area contributed by atoms with Crippen LogP contribution in [0.4, 0.5) is 5.69 Å². The highest BCUT2D eigenvalue weighted by atomic mass is 32.2. The molecule has 0 radical (unpaired) electrons. The molecule has 0 amide bonds. The van der Waals surface area contributed by atoms with Crippen molar-refractivity contribution in [2.24, 2.45) is 0 Å². The van der Waals surface area contributed by atoms with E-state index in [0.29, 0.717) is 23.0 Å². The Balaban J connectivity index is 1.67. The lowest BCUT2D eigenvalue weighted by Crippen LogP contribution is -2.43. The molecule has 2 atom stereocenters. The number of hydrogen-bond donors (Lipinski definition) is 2. The highest BCUT2D eigenvalue weighted by Gasteiger charge is 2.33. The Hall–Kier alpha value is -1.07. The topological polar surface area (TPSA) is 58.2 Å². The number of nitrogens with one attached hydrogen (secondary N) is 2. The van der Waals surface area contributed by atoms with E-state index in [2.05, 4.69) is 10.6 Å². The first kappa shape index (κ1) is 12.9. The molecular formula is C14H20N2O2S. The lowest BCUT2D eigenvalue weighted by molar-refractivity contribution is 0.378. The molecule has 2 unspecified atom stereocenters. The van der Waals surface area contributed by atoms with E-state index in [4.69, 9.17) is 0 Å². The molecular weight excluding hydrogens is 260 g/mol. The molecule has 19 heavy (non-hydrogen) atoms. The highest BCUT2D eigenvalue weighted by molar-refractivity contribution is 7.90. The highest BCUT2D eigenvalue weighted by Crippen LogP contribution is 2.28. The van der Waals surface area contributed by atoms with Gasteiger partial charge in [-0.3, -0.25) is 0 Å². The molecule has 2 N–H and O–H groups in total. The molecule has 2 saturated heterocycles. The Kier molecular flexibility index (Phi) is 3.27. The summed E-state index contributed by atoms with van der Waals surface area (Å²) in [4.78, 5) is 0.378. The van der Waals surface area contributed by atoms with Gasteiger partial charge in [-0.25, -0.2) is 8.42 Å². The van der Waals surface area contributed by atoms with E-state index in [0.717, 1.165) is 18.5 Å². The number of sulfone groups is 1. The van der Waals surface area contributed by atoms with Crippen molar-refractivity contribution in [2.45, 2.75) is 48.7 Å². The lowest BCUT2D eigenvalue weighted by Gasteiger charge is -2.30. The van der Waals surface area contributed by atoms with Gasteiger partial charge < -0.3 is 10.6 Å². The van der Waals surface area contributed by atoms with Gasteiger partial charge in [-0.05, 0) is 49.9 Å². The zero-order valence-electron chi connectivity index (χ0n) is 11.1. The van der Waals surface area contributed by atoms with E-state index in [-0.39, 0.29) is 0 Å². The molecule has 0 spiro atoms. The average Bonchev–Trinajstić information content (AvgIpc) is 2.68. The zero-order chi connectivity index (χ0) is 13.5. The maximum Gasteiger partial charge on any atom is 0.175 e. The zero-order valence-corrected chi connectivity index (χ0v) is 11.9. The molecule has 4 nitrogen and oxygen atoms in total. The molecule has 0 aliphatic carbocycles. The second-order valence-electron chi connectivity index (χ2n) is 5.75. The van der Waals surface area contributed by atoms with Crippen LogP contribution < -0.4 is 10.6 Å². The van der Waals surface area contributed by atoms with E-state index < -0.39 is 9.84 Å². The summed E-state index contributed by atoms with van der Waals surface area (Å²) in [5.41, 5.74) is 1.01. The third kappa shape index (κ3) is 2.92. The van der Waals surface area contributed by atoms with Crippen LogP contribution in [0.2, 0.25) is 0 Å². The normalized spacial score (nSPS) is 30.3. The molecule has 5 heteroatoms. The van der Waals surface area contributed by atoms with E-state index in [1.807, 2.05) is 12.1 Å². The van der Waals surface area contributed by atoms with Gasteiger partial charge in [0.1, 0.15) is 0 Å². The van der Waals surface area contributed by atoms with Crippen molar-refractivity contribution in [3.63, 3.8) is 0 Å². The molecule has 1 aromatic carbocycles. The summed E-state index contributed by atoms with van der Waals surface area (Å²) in [6.45, 7) is 0. The molecule has 3 rings (SSSR count). The van der Waals surface area contributed by atoms with Crippen molar-refractivity contribution >= 4 is 15.5 Å². The van der Waals surface area contributed by atoms with Crippen molar-refractivity contribution in [1.82, 2.24) is 5.32 Å². The van der Waals surface area contributed by atoms with Crippen LogP contribution in [0.3, 0.4) is 0 Å². The molecule has 0 aromatic heterocycles. The lowest BCUT2D eigenvalue weighted by atomic mass is 9.99. The van der Waals surface area contributed by atoms with Gasteiger partial charge in [-0.1, -0.05) is 0 Å². The Bertz CT molecular complexity index is 541. The molecule has 2 aliphatic rings. The van der Waals surface area contributed by atoms with Crippen LogP contribution >= 0.6 is 0 Å². The summed E-state index contributed by atoms with van der Waals surface area (Å²) in [6.07, 6.45) is 6.13. The standard InChI is InChI=1S/C14H20N2O2S/c1-19(17,18)14-6-4-10(5-7-14)15-13-8-11-2-3-12(9-13)16-11/h4-7,11-13,15-16H,2-3,8-9H2,1H3. The molecule has 1 aromatic rings. The van der Waals surface area contributed by atoms with Crippen LogP contribution in [0.25, 0.3) is 0 Å². The Morgan fingerprint density at radius 1 is 1.11 bits per heavy atom. The molecule has 104 valence electrons. The first-order valence-corrected chi connectivity index (χ1v) is 8.72. The Morgan fingerprint density at radius 3 is 2.21 bits per heavy atom. The van der Waals surface area contributed by atoms with Crippen LogP contribution in [-0.4, -0.2) is 32.8 Å². The van der Waals surface area contributed by atoms with Gasteiger partial charge >= 0.3 is 0 Å². The first-order valence-electron chi connectivity index (χ1n) is 6.83. The van der Waals surface area contributed by atoms with Gasteiger partial charge in [0, 0.05) is 30.1 Å². The third-order valence-electron chi connectivity index (χ3n) is 4.13. The predicted octanol–water partition coefficient (Wildman–Crippen LogP) is 1.78. The minimum absolute atomic E-state index is 0.378. The van der Waals surface area contributed by atoms with E-state index in [9.17, 15) is 8.42 Å². The summed E-state index contributed by atoms with van der Waals surface area (Å²) in [6, 6.07) is 8.89. The summed E-state index contributed by atoms with van der Waals surface area (Å²) < 4.78 is 22.8. The third-order valence-corrected chi connectivity index (χ3v) is 5.25. The molecule has 2 aliphatic heterocycles. The minimum Gasteiger partial charge on any atom is -0.382 e. The largest absolute Gasteiger partial charge is 0.382 e. The second-order valence-corrected chi connectivity index (χ2v) is 7.76. The van der Waals surface area contributed by atoms with Crippen LogP contribution in [0.15, 0.2) is 29.2 Å². The predicted molar refractivity (Wildman–Crippen MR) is 76.1 cm³/mol. The summed E-state index contributed by atoms with van der Waals surface area (Å²) in [5.74, 6) is 0. The fourth-order valence-corrected chi connectivity index (χ4v) is 3.84. The number of fused-ring (bicyclic) bond motifs is 2. The SMILES string of the molecule is CS(=O)(=O)c1ccc(NC2CC3CCC(C2)N3)cc1. The van der Waals surface area contributed by atoms with Gasteiger partial charge in [0.05, 0.1) is 4.90 Å². The molecule has 2 bridgehead atoms. The van der Waals surface area contributed by atoms with E-state index in [1.54, 1.807) is 12.1 Å². The van der Waals surface area contributed by atoms with Gasteiger partial charge in [-0.15, -0.1) is 0 Å². The smallest absolute Gasteiger partial charge is 0.175 e. The van der Waals surface area contributed by atoms with Crippen molar-refractivity contribution in [2.75, 3.05) is 11.6 Å². The monoisotopic (exact) mass is 280 g/mol.